The molecule has 0 aliphatic rings. The number of carbonyl (C=O) groups is 1. The van der Waals surface area contributed by atoms with Crippen molar-refractivity contribution in [1.82, 2.24) is 10.2 Å². The van der Waals surface area contributed by atoms with Crippen LogP contribution in [0.15, 0.2) is 0 Å². The highest BCUT2D eigenvalue weighted by atomic mass is 16.6. The second kappa shape index (κ2) is 9.96. The molecule has 0 fully saturated rings. The Morgan fingerprint density at radius 2 is 2.05 bits per heavy atom. The highest BCUT2D eigenvalue weighted by Gasteiger charge is 2.19. The SMILES string of the molecule is COCC(CCCN)NCCN(C)C(=O)OC(C)(C)C. The van der Waals surface area contributed by atoms with Crippen LogP contribution in [0.2, 0.25) is 0 Å². The monoisotopic (exact) mass is 289 g/mol. The van der Waals surface area contributed by atoms with Crippen LogP contribution in [0.5, 0.6) is 0 Å². The summed E-state index contributed by atoms with van der Waals surface area (Å²) in [7, 11) is 3.42. The van der Waals surface area contributed by atoms with Crippen molar-refractivity contribution >= 4 is 6.09 Å². The van der Waals surface area contributed by atoms with Gasteiger partial charge >= 0.3 is 6.09 Å². The number of amides is 1. The Balaban J connectivity index is 3.97. The number of hydrogen-bond acceptors (Lipinski definition) is 5. The molecule has 0 spiro atoms. The minimum atomic E-state index is -0.460. The van der Waals surface area contributed by atoms with Crippen LogP contribution in [-0.4, -0.2) is 63.0 Å². The number of hydrogen-bond donors (Lipinski definition) is 2. The molecule has 1 amide bonds. The van der Waals surface area contributed by atoms with Gasteiger partial charge in [0.25, 0.3) is 0 Å². The third kappa shape index (κ3) is 10.00. The molecule has 0 rings (SSSR count). The van der Waals surface area contributed by atoms with E-state index in [0.717, 1.165) is 12.8 Å². The van der Waals surface area contributed by atoms with E-state index >= 15 is 0 Å². The molecular weight excluding hydrogens is 258 g/mol. The topological polar surface area (TPSA) is 76.8 Å². The van der Waals surface area contributed by atoms with Gasteiger partial charge in [-0.25, -0.2) is 4.79 Å². The van der Waals surface area contributed by atoms with E-state index in [-0.39, 0.29) is 12.1 Å². The Bertz CT molecular complexity index is 267. The third-order valence-electron chi connectivity index (χ3n) is 2.71. The third-order valence-corrected chi connectivity index (χ3v) is 2.71. The Morgan fingerprint density at radius 3 is 2.55 bits per heavy atom. The molecule has 0 saturated carbocycles. The summed E-state index contributed by atoms with van der Waals surface area (Å²) in [6.45, 7) is 8.21. The van der Waals surface area contributed by atoms with Gasteiger partial charge in [-0.3, -0.25) is 0 Å². The predicted octanol–water partition coefficient (Wildman–Crippen LogP) is 1.20. The van der Waals surface area contributed by atoms with Gasteiger partial charge in [0.1, 0.15) is 5.60 Å². The van der Waals surface area contributed by atoms with Gasteiger partial charge < -0.3 is 25.4 Å². The fraction of sp³-hybridized carbons (Fsp3) is 0.929. The van der Waals surface area contributed by atoms with E-state index < -0.39 is 5.60 Å². The maximum absolute atomic E-state index is 11.8. The Kier molecular flexibility index (Phi) is 9.54. The summed E-state index contributed by atoms with van der Waals surface area (Å²) in [5, 5.41) is 3.37. The Labute approximate surface area is 123 Å². The van der Waals surface area contributed by atoms with Crippen molar-refractivity contribution in [3.05, 3.63) is 0 Å². The van der Waals surface area contributed by atoms with Crippen LogP contribution in [-0.2, 0) is 9.47 Å². The Hall–Kier alpha value is -0.850. The van der Waals surface area contributed by atoms with Crippen LogP contribution in [0, 0.1) is 0 Å². The van der Waals surface area contributed by atoms with Gasteiger partial charge in [0.2, 0.25) is 0 Å². The van der Waals surface area contributed by atoms with Crippen molar-refractivity contribution in [3.8, 4) is 0 Å². The largest absolute Gasteiger partial charge is 0.444 e. The molecule has 3 N–H and O–H groups in total. The van der Waals surface area contributed by atoms with Gasteiger partial charge in [-0.1, -0.05) is 0 Å². The summed E-state index contributed by atoms with van der Waals surface area (Å²) in [5.41, 5.74) is 5.05. The maximum Gasteiger partial charge on any atom is 0.410 e. The average Bonchev–Trinajstić information content (AvgIpc) is 2.33. The molecule has 0 aromatic rings. The molecule has 0 radical (unpaired) electrons. The van der Waals surface area contributed by atoms with E-state index in [0.29, 0.717) is 26.2 Å². The second-order valence-electron chi connectivity index (χ2n) is 5.94. The van der Waals surface area contributed by atoms with Crippen LogP contribution in [0.3, 0.4) is 0 Å². The summed E-state index contributed by atoms with van der Waals surface area (Å²) < 4.78 is 10.5. The van der Waals surface area contributed by atoms with Gasteiger partial charge in [-0.05, 0) is 40.2 Å². The standard InChI is InChI=1S/C14H31N3O3/c1-14(2,3)20-13(18)17(4)10-9-16-12(11-19-5)7-6-8-15/h12,16H,6-11,15H2,1-5H3. The molecule has 0 aliphatic carbocycles. The first kappa shape index (κ1) is 19.1. The van der Waals surface area contributed by atoms with E-state index in [9.17, 15) is 4.79 Å². The molecule has 0 bridgehead atoms. The molecule has 6 nitrogen and oxygen atoms in total. The average molecular weight is 289 g/mol. The highest BCUT2D eigenvalue weighted by Crippen LogP contribution is 2.08. The molecule has 20 heavy (non-hydrogen) atoms. The summed E-state index contributed by atoms with van der Waals surface area (Å²) in [6.07, 6.45) is 1.63. The lowest BCUT2D eigenvalue weighted by atomic mass is 10.1. The molecule has 1 atom stereocenters. The van der Waals surface area contributed by atoms with Crippen molar-refractivity contribution in [2.45, 2.75) is 45.3 Å². The van der Waals surface area contributed by atoms with Crippen molar-refractivity contribution in [1.29, 1.82) is 0 Å². The number of likely N-dealkylation sites (N-methyl/N-ethyl adjacent to an activating group) is 1. The lowest BCUT2D eigenvalue weighted by Gasteiger charge is -2.25. The van der Waals surface area contributed by atoms with Crippen LogP contribution >= 0.6 is 0 Å². The number of ether oxygens (including phenoxy) is 2. The van der Waals surface area contributed by atoms with Gasteiger partial charge in [-0.2, -0.15) is 0 Å². The zero-order valence-electron chi connectivity index (χ0n) is 13.6. The quantitative estimate of drug-likeness (QED) is 0.667. The number of methoxy groups -OCH3 is 1. The van der Waals surface area contributed by atoms with Crippen LogP contribution < -0.4 is 11.1 Å². The summed E-state index contributed by atoms with van der Waals surface area (Å²) in [6, 6.07) is 0.274. The number of rotatable bonds is 9. The van der Waals surface area contributed by atoms with Gasteiger partial charge in [-0.15, -0.1) is 0 Å². The zero-order valence-corrected chi connectivity index (χ0v) is 13.6. The van der Waals surface area contributed by atoms with E-state index in [4.69, 9.17) is 15.2 Å². The molecule has 1 unspecified atom stereocenters. The van der Waals surface area contributed by atoms with Crippen molar-refractivity contribution in [2.24, 2.45) is 5.73 Å². The fourth-order valence-corrected chi connectivity index (χ4v) is 1.68. The molecule has 120 valence electrons. The fourth-order valence-electron chi connectivity index (χ4n) is 1.68. The summed E-state index contributed by atoms with van der Waals surface area (Å²) in [4.78, 5) is 13.3. The van der Waals surface area contributed by atoms with Gasteiger partial charge in [0.15, 0.2) is 0 Å². The first-order chi connectivity index (χ1) is 9.30. The van der Waals surface area contributed by atoms with E-state index in [1.165, 1.54) is 0 Å². The number of nitrogens with zero attached hydrogens (tertiary/aromatic N) is 1. The smallest absolute Gasteiger partial charge is 0.410 e. The zero-order chi connectivity index (χ0) is 15.6. The molecule has 0 heterocycles. The molecule has 0 aliphatic heterocycles. The van der Waals surface area contributed by atoms with Crippen molar-refractivity contribution < 1.29 is 14.3 Å². The molecule has 0 aromatic heterocycles. The first-order valence-corrected chi connectivity index (χ1v) is 7.16. The minimum Gasteiger partial charge on any atom is -0.444 e. The number of nitrogens with one attached hydrogen (secondary N) is 1. The number of nitrogens with two attached hydrogens (primary N) is 1. The molecule has 0 saturated heterocycles. The lowest BCUT2D eigenvalue weighted by molar-refractivity contribution is 0.0298. The second-order valence-corrected chi connectivity index (χ2v) is 5.94. The molecule has 0 aromatic carbocycles. The van der Waals surface area contributed by atoms with E-state index in [2.05, 4.69) is 5.32 Å². The summed E-state index contributed by atoms with van der Waals surface area (Å²) in [5.74, 6) is 0. The predicted molar refractivity (Wildman–Crippen MR) is 80.8 cm³/mol. The summed E-state index contributed by atoms with van der Waals surface area (Å²) >= 11 is 0. The van der Waals surface area contributed by atoms with Crippen LogP contribution in [0.25, 0.3) is 0 Å². The van der Waals surface area contributed by atoms with Crippen molar-refractivity contribution in [3.63, 3.8) is 0 Å². The maximum atomic E-state index is 11.8. The normalized spacial score (nSPS) is 13.1. The molecular formula is C14H31N3O3. The number of carbonyl (C=O) groups excluding carboxylic acids is 1. The lowest BCUT2D eigenvalue weighted by Crippen LogP contribution is -2.41. The Morgan fingerprint density at radius 1 is 1.40 bits per heavy atom. The van der Waals surface area contributed by atoms with Gasteiger partial charge in [0.05, 0.1) is 6.61 Å². The van der Waals surface area contributed by atoms with Crippen LogP contribution in [0.1, 0.15) is 33.6 Å². The van der Waals surface area contributed by atoms with E-state index in [1.54, 1.807) is 19.1 Å². The first-order valence-electron chi connectivity index (χ1n) is 7.16. The van der Waals surface area contributed by atoms with Crippen LogP contribution in [0.4, 0.5) is 4.79 Å². The van der Waals surface area contributed by atoms with Crippen molar-refractivity contribution in [2.75, 3.05) is 40.4 Å². The van der Waals surface area contributed by atoms with E-state index in [1.807, 2.05) is 20.8 Å². The minimum absolute atomic E-state index is 0.274. The van der Waals surface area contributed by atoms with Gasteiger partial charge in [0, 0.05) is 33.3 Å². The molecule has 6 heteroatoms. The highest BCUT2D eigenvalue weighted by molar-refractivity contribution is 5.67.